The molecule has 0 aromatic heterocycles. The number of hydrogen-bond donors (Lipinski definition) is 1. The first-order chi connectivity index (χ1) is 16.8. The van der Waals surface area contributed by atoms with Crippen molar-refractivity contribution in [1.29, 1.82) is 5.26 Å². The van der Waals surface area contributed by atoms with Crippen LogP contribution in [0.3, 0.4) is 0 Å². The van der Waals surface area contributed by atoms with E-state index in [2.05, 4.69) is 20.1 Å². The van der Waals surface area contributed by atoms with Gasteiger partial charge in [-0.1, -0.05) is 29.3 Å². The fraction of sp³-hybridized carbons (Fsp3) is 0.348. The van der Waals surface area contributed by atoms with Gasteiger partial charge in [0.05, 0.1) is 28.9 Å². The summed E-state index contributed by atoms with van der Waals surface area (Å²) in [5.74, 6) is 0.377. The quantitative estimate of drug-likeness (QED) is 0.161. The van der Waals surface area contributed by atoms with Crippen LogP contribution in [0, 0.1) is 11.5 Å². The van der Waals surface area contributed by atoms with Crippen molar-refractivity contribution in [1.82, 2.24) is 15.2 Å². The van der Waals surface area contributed by atoms with Crippen LogP contribution in [-0.4, -0.2) is 62.0 Å². The summed E-state index contributed by atoms with van der Waals surface area (Å²) >= 11 is 12.1. The number of rotatable bonds is 9. The predicted molar refractivity (Wildman–Crippen MR) is 132 cm³/mol. The van der Waals surface area contributed by atoms with Crippen molar-refractivity contribution in [3.8, 4) is 17.7 Å². The molecule has 12 heteroatoms. The topological polar surface area (TPSA) is 85.5 Å². The molecule has 1 heterocycles. The van der Waals surface area contributed by atoms with Crippen molar-refractivity contribution in [2.75, 3.05) is 33.8 Å². The average molecular weight is 525 g/mol. The normalized spacial score (nSPS) is 13.7. The molecule has 0 radical (unpaired) electrons. The lowest BCUT2D eigenvalue weighted by atomic mass is 10.1. The van der Waals surface area contributed by atoms with Crippen LogP contribution in [0.15, 0.2) is 46.5 Å². The van der Waals surface area contributed by atoms with Gasteiger partial charge in [0.15, 0.2) is 6.19 Å². The van der Waals surface area contributed by atoms with Crippen LogP contribution in [0.25, 0.3) is 0 Å². The number of hydrogen-bond acceptors (Lipinski definition) is 6. The summed E-state index contributed by atoms with van der Waals surface area (Å²) in [7, 11) is 3.91. The molecule has 1 aliphatic rings. The van der Waals surface area contributed by atoms with Gasteiger partial charge in [-0.15, -0.1) is 0 Å². The Labute approximate surface area is 212 Å². The number of nitrogens with zero attached hydrogens (tertiary/aromatic N) is 5. The van der Waals surface area contributed by atoms with Crippen LogP contribution in [0.2, 0.25) is 10.0 Å². The molecule has 186 valence electrons. The van der Waals surface area contributed by atoms with Crippen molar-refractivity contribution in [3.63, 3.8) is 0 Å². The standard InChI is InChI=1S/C23H24Cl2F2N6O2/c1-32(2)9-3-11-34-21-7-5-16(35-22(26)27)13-20(21)30-23(29-14-28)33-10-8-19(31-33)15-4-6-17(24)18(25)12-15/h4-7,12-13,22H,3,8-11H2,1-2H3,(H,29,30). The monoisotopic (exact) mass is 524 g/mol. The lowest BCUT2D eigenvalue weighted by Crippen LogP contribution is -2.34. The molecule has 0 bridgehead atoms. The summed E-state index contributed by atoms with van der Waals surface area (Å²) < 4.78 is 35.9. The Hall–Kier alpha value is -3.13. The Kier molecular flexibility index (Phi) is 9.48. The molecule has 35 heavy (non-hydrogen) atoms. The van der Waals surface area contributed by atoms with Gasteiger partial charge < -0.3 is 14.4 Å². The van der Waals surface area contributed by atoms with Crippen molar-refractivity contribution in [2.45, 2.75) is 19.5 Å². The summed E-state index contributed by atoms with van der Waals surface area (Å²) in [6.07, 6.45) is 3.15. The van der Waals surface area contributed by atoms with Crippen LogP contribution < -0.4 is 14.8 Å². The van der Waals surface area contributed by atoms with E-state index in [0.717, 1.165) is 24.2 Å². The zero-order chi connectivity index (χ0) is 25.4. The Bertz CT molecular complexity index is 1140. The summed E-state index contributed by atoms with van der Waals surface area (Å²) in [4.78, 5) is 6.49. The lowest BCUT2D eigenvalue weighted by molar-refractivity contribution is -0.0498. The number of nitriles is 1. The van der Waals surface area contributed by atoms with Gasteiger partial charge in [-0.25, -0.2) is 10.0 Å². The number of hydrazone groups is 1. The first kappa shape index (κ1) is 26.5. The van der Waals surface area contributed by atoms with E-state index in [1.165, 1.54) is 23.2 Å². The third-order valence-electron chi connectivity index (χ3n) is 4.86. The smallest absolute Gasteiger partial charge is 0.387 e. The second-order valence-corrected chi connectivity index (χ2v) is 8.55. The maximum absolute atomic E-state index is 12.8. The molecule has 0 spiro atoms. The molecule has 1 N–H and O–H groups in total. The van der Waals surface area contributed by atoms with Crippen LogP contribution in [0.1, 0.15) is 18.4 Å². The van der Waals surface area contributed by atoms with E-state index in [4.69, 9.17) is 27.9 Å². The number of aliphatic imine (C=N–C) groups is 1. The third kappa shape index (κ3) is 7.68. The van der Waals surface area contributed by atoms with Crippen molar-refractivity contribution in [2.24, 2.45) is 10.1 Å². The number of benzene rings is 2. The Balaban J connectivity index is 1.90. The Morgan fingerprint density at radius 1 is 1.26 bits per heavy atom. The highest BCUT2D eigenvalue weighted by atomic mass is 35.5. The highest BCUT2D eigenvalue weighted by molar-refractivity contribution is 6.42. The number of guanidine groups is 1. The SMILES string of the molecule is CN(C)CCCOc1ccc(OC(F)F)cc1N=C(NC#N)N1CCC(c2ccc(Cl)c(Cl)c2)=N1. The van der Waals surface area contributed by atoms with Crippen molar-refractivity contribution < 1.29 is 18.3 Å². The zero-order valence-electron chi connectivity index (χ0n) is 19.1. The zero-order valence-corrected chi connectivity index (χ0v) is 20.7. The summed E-state index contributed by atoms with van der Waals surface area (Å²) in [6.45, 7) is -1.37. The second-order valence-electron chi connectivity index (χ2n) is 7.73. The maximum Gasteiger partial charge on any atom is 0.387 e. The fourth-order valence-electron chi connectivity index (χ4n) is 3.25. The molecule has 0 unspecified atom stereocenters. The molecule has 0 saturated carbocycles. The van der Waals surface area contributed by atoms with Crippen LogP contribution in [-0.2, 0) is 0 Å². The highest BCUT2D eigenvalue weighted by Gasteiger charge is 2.22. The van der Waals surface area contributed by atoms with Gasteiger partial charge in [0.25, 0.3) is 0 Å². The number of ether oxygens (including phenoxy) is 2. The number of nitrogens with one attached hydrogen (secondary N) is 1. The van der Waals surface area contributed by atoms with E-state index in [1.807, 2.05) is 25.2 Å². The molecule has 0 fully saturated rings. The van der Waals surface area contributed by atoms with Gasteiger partial charge in [0.2, 0.25) is 5.96 Å². The van der Waals surface area contributed by atoms with Crippen LogP contribution in [0.5, 0.6) is 11.5 Å². The fourth-order valence-corrected chi connectivity index (χ4v) is 3.55. The summed E-state index contributed by atoms with van der Waals surface area (Å²) in [6, 6.07) is 9.40. The van der Waals surface area contributed by atoms with E-state index < -0.39 is 6.61 Å². The molecule has 0 saturated heterocycles. The summed E-state index contributed by atoms with van der Waals surface area (Å²) in [5, 5.41) is 18.7. The molecule has 0 aliphatic carbocycles. The van der Waals surface area contributed by atoms with Gasteiger partial charge in [-0.2, -0.15) is 19.1 Å². The average Bonchev–Trinajstić information content (AvgIpc) is 3.29. The first-order valence-corrected chi connectivity index (χ1v) is 11.4. The molecule has 1 aliphatic heterocycles. The molecule has 3 rings (SSSR count). The van der Waals surface area contributed by atoms with Crippen molar-refractivity contribution >= 4 is 40.6 Å². The Morgan fingerprint density at radius 3 is 2.74 bits per heavy atom. The molecular formula is C23H24Cl2F2N6O2. The summed E-state index contributed by atoms with van der Waals surface area (Å²) in [5.41, 5.74) is 1.73. The number of halogens is 4. The van der Waals surface area contributed by atoms with Gasteiger partial charge in [0, 0.05) is 19.0 Å². The maximum atomic E-state index is 12.8. The minimum absolute atomic E-state index is 0.0860. The van der Waals surface area contributed by atoms with Gasteiger partial charge in [-0.05, 0) is 50.3 Å². The first-order valence-electron chi connectivity index (χ1n) is 10.7. The Morgan fingerprint density at radius 2 is 2.06 bits per heavy atom. The molecule has 0 amide bonds. The minimum Gasteiger partial charge on any atom is -0.491 e. The van der Waals surface area contributed by atoms with E-state index in [-0.39, 0.29) is 17.4 Å². The van der Waals surface area contributed by atoms with E-state index >= 15 is 0 Å². The van der Waals surface area contributed by atoms with Gasteiger partial charge in [0.1, 0.15) is 17.2 Å². The number of alkyl halides is 2. The van der Waals surface area contributed by atoms with Gasteiger partial charge >= 0.3 is 6.61 Å². The minimum atomic E-state index is -2.99. The molecule has 2 aromatic rings. The molecule has 0 atom stereocenters. The molecular weight excluding hydrogens is 501 g/mol. The van der Waals surface area contributed by atoms with E-state index in [0.29, 0.717) is 35.4 Å². The predicted octanol–water partition coefficient (Wildman–Crippen LogP) is 5.09. The van der Waals surface area contributed by atoms with Crippen molar-refractivity contribution in [3.05, 3.63) is 52.0 Å². The van der Waals surface area contributed by atoms with Crippen LogP contribution in [0.4, 0.5) is 14.5 Å². The van der Waals surface area contributed by atoms with Gasteiger partial charge in [-0.3, -0.25) is 5.32 Å². The lowest BCUT2D eigenvalue weighted by Gasteiger charge is -2.16. The van der Waals surface area contributed by atoms with E-state index in [1.54, 1.807) is 18.2 Å². The molecule has 8 nitrogen and oxygen atoms in total. The molecule has 2 aromatic carbocycles. The third-order valence-corrected chi connectivity index (χ3v) is 5.60. The van der Waals surface area contributed by atoms with E-state index in [9.17, 15) is 14.0 Å². The van der Waals surface area contributed by atoms with Crippen LogP contribution >= 0.6 is 23.2 Å². The second kappa shape index (κ2) is 12.5. The highest BCUT2D eigenvalue weighted by Crippen LogP contribution is 2.33. The largest absolute Gasteiger partial charge is 0.491 e.